The Kier molecular flexibility index (Phi) is 3.38. The zero-order chi connectivity index (χ0) is 13.1. The van der Waals surface area contributed by atoms with Gasteiger partial charge in [-0.05, 0) is 18.2 Å². The monoisotopic (exact) mass is 266 g/mol. The summed E-state index contributed by atoms with van der Waals surface area (Å²) in [5.74, 6) is -1.09. The Balaban J connectivity index is 2.21. The number of rotatable bonds is 2. The van der Waals surface area contributed by atoms with Gasteiger partial charge in [0.25, 0.3) is 5.91 Å². The van der Waals surface area contributed by atoms with E-state index in [2.05, 4.69) is 15.3 Å². The Morgan fingerprint density at radius 1 is 1.33 bits per heavy atom. The van der Waals surface area contributed by atoms with Gasteiger partial charge in [0.15, 0.2) is 0 Å². The van der Waals surface area contributed by atoms with E-state index in [1.165, 1.54) is 24.5 Å². The molecule has 3 N–H and O–H groups in total. The van der Waals surface area contributed by atoms with Crippen LogP contribution in [0.1, 0.15) is 10.4 Å². The van der Waals surface area contributed by atoms with Gasteiger partial charge in [-0.15, -0.1) is 0 Å². The first-order valence-electron chi connectivity index (χ1n) is 4.90. The van der Waals surface area contributed by atoms with E-state index >= 15 is 0 Å². The Hall–Kier alpha value is -2.21. The summed E-state index contributed by atoms with van der Waals surface area (Å²) in [6.45, 7) is 0. The molecule has 18 heavy (non-hydrogen) atoms. The summed E-state index contributed by atoms with van der Waals surface area (Å²) in [6, 6.07) is 3.88. The Labute approximate surface area is 107 Å². The number of carbonyl (C=O) groups is 1. The summed E-state index contributed by atoms with van der Waals surface area (Å²) in [5, 5.41) is 2.68. The van der Waals surface area contributed by atoms with Crippen molar-refractivity contribution in [2.45, 2.75) is 0 Å². The number of nitrogens with one attached hydrogen (secondary N) is 1. The summed E-state index contributed by atoms with van der Waals surface area (Å²) in [6.07, 6.45) is 2.49. The maximum Gasteiger partial charge on any atom is 0.257 e. The number of nitrogen functional groups attached to an aromatic ring is 1. The lowest BCUT2D eigenvalue weighted by Crippen LogP contribution is -2.14. The predicted molar refractivity (Wildman–Crippen MR) is 65.8 cm³/mol. The molecule has 7 heteroatoms. The highest BCUT2D eigenvalue weighted by Crippen LogP contribution is 2.16. The van der Waals surface area contributed by atoms with E-state index in [-0.39, 0.29) is 16.4 Å². The molecule has 2 aromatic rings. The smallest absolute Gasteiger partial charge is 0.257 e. The number of carbonyl (C=O) groups excluding carboxylic acids is 1. The molecular weight excluding hydrogens is 259 g/mol. The van der Waals surface area contributed by atoms with Crippen LogP contribution in [0.4, 0.5) is 15.8 Å². The van der Waals surface area contributed by atoms with Gasteiger partial charge in [-0.1, -0.05) is 11.6 Å². The topological polar surface area (TPSA) is 80.9 Å². The molecule has 2 rings (SSSR count). The lowest BCUT2D eigenvalue weighted by Gasteiger charge is -2.07. The number of halogens is 2. The van der Waals surface area contributed by atoms with Crippen LogP contribution < -0.4 is 11.1 Å². The van der Waals surface area contributed by atoms with Crippen molar-refractivity contribution < 1.29 is 9.18 Å². The summed E-state index contributed by atoms with van der Waals surface area (Å²) in [4.78, 5) is 19.0. The van der Waals surface area contributed by atoms with Gasteiger partial charge >= 0.3 is 0 Å². The number of aromatic nitrogens is 2. The van der Waals surface area contributed by atoms with Gasteiger partial charge in [-0.25, -0.2) is 9.97 Å². The Morgan fingerprint density at radius 2 is 2.11 bits per heavy atom. The molecule has 5 nitrogen and oxygen atoms in total. The zero-order valence-electron chi connectivity index (χ0n) is 9.02. The summed E-state index contributed by atoms with van der Waals surface area (Å²) < 4.78 is 12.6. The minimum Gasteiger partial charge on any atom is -0.397 e. The van der Waals surface area contributed by atoms with Crippen LogP contribution in [-0.2, 0) is 0 Å². The fourth-order valence-electron chi connectivity index (χ4n) is 1.29. The van der Waals surface area contributed by atoms with E-state index in [9.17, 15) is 9.18 Å². The van der Waals surface area contributed by atoms with Crippen molar-refractivity contribution >= 4 is 28.9 Å². The zero-order valence-corrected chi connectivity index (χ0v) is 9.78. The van der Waals surface area contributed by atoms with Crippen LogP contribution in [0.15, 0.2) is 30.6 Å². The maximum absolute atomic E-state index is 12.6. The molecule has 2 heterocycles. The molecule has 2 aromatic heterocycles. The summed E-state index contributed by atoms with van der Waals surface area (Å²) in [5.41, 5.74) is 6.36. The van der Waals surface area contributed by atoms with Gasteiger partial charge in [-0.3, -0.25) is 4.79 Å². The van der Waals surface area contributed by atoms with Crippen molar-refractivity contribution in [1.82, 2.24) is 9.97 Å². The fraction of sp³-hybridized carbons (Fsp3) is 0. The average Bonchev–Trinajstić information content (AvgIpc) is 2.35. The second-order valence-corrected chi connectivity index (χ2v) is 3.81. The van der Waals surface area contributed by atoms with E-state index in [1.54, 1.807) is 0 Å². The van der Waals surface area contributed by atoms with Gasteiger partial charge in [0.2, 0.25) is 5.95 Å². The minimum absolute atomic E-state index is 0.159. The molecule has 0 radical (unpaired) electrons. The Morgan fingerprint density at radius 3 is 2.78 bits per heavy atom. The van der Waals surface area contributed by atoms with Gasteiger partial charge in [0.05, 0.1) is 29.3 Å². The first-order valence-corrected chi connectivity index (χ1v) is 5.28. The highest BCUT2D eigenvalue weighted by atomic mass is 35.5. The van der Waals surface area contributed by atoms with Crippen molar-refractivity contribution in [1.29, 1.82) is 0 Å². The first kappa shape index (κ1) is 12.3. The van der Waals surface area contributed by atoms with Crippen molar-refractivity contribution in [3.8, 4) is 0 Å². The minimum atomic E-state index is -0.625. The van der Waals surface area contributed by atoms with Gasteiger partial charge in [-0.2, -0.15) is 4.39 Å². The van der Waals surface area contributed by atoms with E-state index < -0.39 is 11.9 Å². The number of nitrogens with zero attached hydrogens (tertiary/aromatic N) is 2. The molecule has 0 aromatic carbocycles. The van der Waals surface area contributed by atoms with Crippen LogP contribution in [0, 0.1) is 5.95 Å². The van der Waals surface area contributed by atoms with E-state index in [1.807, 2.05) is 0 Å². The third-order valence-corrected chi connectivity index (χ3v) is 2.34. The quantitative estimate of drug-likeness (QED) is 0.816. The van der Waals surface area contributed by atoms with Gasteiger partial charge < -0.3 is 11.1 Å². The number of pyridine rings is 2. The number of amides is 1. The second-order valence-electron chi connectivity index (χ2n) is 3.42. The first-order chi connectivity index (χ1) is 8.56. The normalized spacial score (nSPS) is 10.1. The molecule has 92 valence electrons. The summed E-state index contributed by atoms with van der Waals surface area (Å²) >= 11 is 5.68. The molecule has 0 bridgehead atoms. The molecular formula is C11H8ClFN4O. The van der Waals surface area contributed by atoms with Crippen molar-refractivity contribution in [2.24, 2.45) is 0 Å². The van der Waals surface area contributed by atoms with Crippen molar-refractivity contribution in [2.75, 3.05) is 11.1 Å². The molecule has 0 saturated heterocycles. The van der Waals surface area contributed by atoms with Crippen LogP contribution in [0.2, 0.25) is 5.15 Å². The maximum atomic E-state index is 12.6. The largest absolute Gasteiger partial charge is 0.397 e. The lowest BCUT2D eigenvalue weighted by molar-refractivity contribution is 0.102. The third kappa shape index (κ3) is 2.72. The molecule has 1 amide bonds. The molecule has 0 fully saturated rings. The predicted octanol–water partition coefficient (Wildman–Crippen LogP) is 2.10. The average molecular weight is 267 g/mol. The van der Waals surface area contributed by atoms with Crippen LogP contribution >= 0.6 is 11.6 Å². The molecule has 0 aliphatic carbocycles. The molecule has 0 saturated carbocycles. The number of nitrogens with two attached hydrogens (primary N) is 1. The highest BCUT2D eigenvalue weighted by molar-refractivity contribution is 6.30. The van der Waals surface area contributed by atoms with Crippen LogP contribution in [-0.4, -0.2) is 15.9 Å². The second kappa shape index (κ2) is 4.97. The van der Waals surface area contributed by atoms with Crippen LogP contribution in [0.3, 0.4) is 0 Å². The number of hydrogen-bond donors (Lipinski definition) is 2. The van der Waals surface area contributed by atoms with Crippen LogP contribution in [0.5, 0.6) is 0 Å². The highest BCUT2D eigenvalue weighted by Gasteiger charge is 2.11. The molecule has 0 spiro atoms. The fourth-order valence-corrected chi connectivity index (χ4v) is 1.44. The molecule has 0 unspecified atom stereocenters. The van der Waals surface area contributed by atoms with Gasteiger partial charge in [0, 0.05) is 0 Å². The van der Waals surface area contributed by atoms with E-state index in [0.717, 1.165) is 6.07 Å². The van der Waals surface area contributed by atoms with Gasteiger partial charge in [0.1, 0.15) is 5.15 Å². The van der Waals surface area contributed by atoms with Crippen molar-refractivity contribution in [3.05, 3.63) is 47.3 Å². The van der Waals surface area contributed by atoms with Crippen LogP contribution in [0.25, 0.3) is 0 Å². The number of anilines is 2. The van der Waals surface area contributed by atoms with E-state index in [4.69, 9.17) is 17.3 Å². The standard InChI is InChI=1S/C11H8ClFN4O/c12-9-3-7(8(14)5-15-9)11(18)17-6-1-2-10(13)16-4-6/h1-5H,14H2,(H,17,18). The number of hydrogen-bond acceptors (Lipinski definition) is 4. The lowest BCUT2D eigenvalue weighted by atomic mass is 10.2. The summed E-state index contributed by atoms with van der Waals surface area (Å²) in [7, 11) is 0. The van der Waals surface area contributed by atoms with E-state index in [0.29, 0.717) is 5.69 Å². The third-order valence-electron chi connectivity index (χ3n) is 2.13. The molecule has 0 atom stereocenters. The SMILES string of the molecule is Nc1cnc(Cl)cc1C(=O)Nc1ccc(F)nc1. The molecule has 0 aliphatic heterocycles. The van der Waals surface area contributed by atoms with Crippen molar-refractivity contribution in [3.63, 3.8) is 0 Å². The molecule has 0 aliphatic rings. The Bertz CT molecular complexity index is 588.